The van der Waals surface area contributed by atoms with Gasteiger partial charge in [0, 0.05) is 31.7 Å². The zero-order valence-corrected chi connectivity index (χ0v) is 20.0. The van der Waals surface area contributed by atoms with E-state index in [0.717, 1.165) is 40.6 Å². The molecule has 6 nitrogen and oxygen atoms in total. The van der Waals surface area contributed by atoms with Gasteiger partial charge in [-0.25, -0.2) is 4.98 Å². The molecule has 0 saturated carbocycles. The number of halogens is 1. The molecule has 32 heavy (non-hydrogen) atoms. The molecule has 1 aliphatic rings. The fraction of sp³-hybridized carbons (Fsp3) is 0.417. The van der Waals surface area contributed by atoms with Crippen molar-refractivity contribution in [2.24, 2.45) is 0 Å². The third kappa shape index (κ3) is 4.94. The maximum absolute atomic E-state index is 12.9. The molecule has 2 aromatic carbocycles. The lowest BCUT2D eigenvalue weighted by Gasteiger charge is -2.34. The van der Waals surface area contributed by atoms with Crippen molar-refractivity contribution < 1.29 is 14.3 Å². The molecule has 2 heterocycles. The average molecular weight is 474 g/mol. The number of amides is 1. The topological polar surface area (TPSA) is 54.9 Å². The van der Waals surface area contributed by atoms with Gasteiger partial charge in [0.25, 0.3) is 5.91 Å². The van der Waals surface area contributed by atoms with Crippen LogP contribution in [0.25, 0.3) is 10.2 Å². The Morgan fingerprint density at radius 2 is 1.84 bits per heavy atom. The summed E-state index contributed by atoms with van der Waals surface area (Å²) in [6.07, 6.45) is 3.39. The van der Waals surface area contributed by atoms with Gasteiger partial charge in [-0.15, -0.1) is 0 Å². The van der Waals surface area contributed by atoms with Crippen molar-refractivity contribution in [1.29, 1.82) is 0 Å². The van der Waals surface area contributed by atoms with E-state index in [1.165, 1.54) is 12.8 Å². The van der Waals surface area contributed by atoms with Crippen LogP contribution in [0.1, 0.15) is 36.5 Å². The molecule has 8 heteroatoms. The standard InChI is InChI=1S/C24H28ClN3O3S/c1-3-4-5-16-31-18-8-6-17(7-9-18)23(29)27-12-14-28(15-13-27)24-26-21-20(32-24)11-10-19(25)22(21)30-2/h6-11H,3-5,12-16H2,1-2H3. The Morgan fingerprint density at radius 3 is 2.53 bits per heavy atom. The minimum absolute atomic E-state index is 0.0555. The molecule has 1 aromatic heterocycles. The highest BCUT2D eigenvalue weighted by molar-refractivity contribution is 7.22. The zero-order valence-electron chi connectivity index (χ0n) is 18.5. The number of anilines is 1. The third-order valence-corrected chi connectivity index (χ3v) is 6.99. The molecule has 1 saturated heterocycles. The number of rotatable bonds is 8. The average Bonchev–Trinajstić information content (AvgIpc) is 3.26. The highest BCUT2D eigenvalue weighted by Crippen LogP contribution is 2.38. The van der Waals surface area contributed by atoms with Crippen LogP contribution in [0.5, 0.6) is 11.5 Å². The highest BCUT2D eigenvalue weighted by Gasteiger charge is 2.24. The van der Waals surface area contributed by atoms with E-state index in [4.69, 9.17) is 26.1 Å². The summed E-state index contributed by atoms with van der Waals surface area (Å²) in [5.74, 6) is 1.48. The lowest BCUT2D eigenvalue weighted by molar-refractivity contribution is 0.0746. The number of unbranched alkanes of at least 4 members (excludes halogenated alkanes) is 2. The maximum Gasteiger partial charge on any atom is 0.253 e. The van der Waals surface area contributed by atoms with Crippen molar-refractivity contribution >= 4 is 44.2 Å². The van der Waals surface area contributed by atoms with E-state index < -0.39 is 0 Å². The Kier molecular flexibility index (Phi) is 7.37. The first-order valence-corrected chi connectivity index (χ1v) is 12.2. The van der Waals surface area contributed by atoms with E-state index in [1.807, 2.05) is 41.3 Å². The maximum atomic E-state index is 12.9. The summed E-state index contributed by atoms with van der Waals surface area (Å²) in [6.45, 7) is 5.67. The molecule has 0 N–H and O–H groups in total. The van der Waals surface area contributed by atoms with Crippen LogP contribution in [0.15, 0.2) is 36.4 Å². The van der Waals surface area contributed by atoms with Gasteiger partial charge in [0.15, 0.2) is 10.9 Å². The summed E-state index contributed by atoms with van der Waals surface area (Å²) in [5.41, 5.74) is 1.48. The predicted molar refractivity (Wildman–Crippen MR) is 131 cm³/mol. The molecule has 4 rings (SSSR count). The highest BCUT2D eigenvalue weighted by atomic mass is 35.5. The van der Waals surface area contributed by atoms with Gasteiger partial charge in [-0.1, -0.05) is 42.7 Å². The van der Waals surface area contributed by atoms with Crippen LogP contribution in [-0.2, 0) is 0 Å². The number of benzene rings is 2. The van der Waals surface area contributed by atoms with Crippen molar-refractivity contribution in [2.45, 2.75) is 26.2 Å². The minimum atomic E-state index is 0.0555. The lowest BCUT2D eigenvalue weighted by Crippen LogP contribution is -2.48. The second-order valence-electron chi connectivity index (χ2n) is 7.78. The Morgan fingerprint density at radius 1 is 1.09 bits per heavy atom. The van der Waals surface area contributed by atoms with E-state index in [-0.39, 0.29) is 5.91 Å². The number of carbonyl (C=O) groups is 1. The molecule has 170 valence electrons. The van der Waals surface area contributed by atoms with Gasteiger partial charge in [0.2, 0.25) is 0 Å². The molecule has 1 aliphatic heterocycles. The van der Waals surface area contributed by atoms with Crippen LogP contribution in [0.4, 0.5) is 5.13 Å². The number of thiazole rings is 1. The van der Waals surface area contributed by atoms with Crippen molar-refractivity contribution in [3.05, 3.63) is 47.0 Å². The first-order valence-electron chi connectivity index (χ1n) is 11.0. The number of methoxy groups -OCH3 is 1. The Hall–Kier alpha value is -2.51. The Balaban J connectivity index is 1.35. The second kappa shape index (κ2) is 10.4. The molecular weight excluding hydrogens is 446 g/mol. The predicted octanol–water partition coefficient (Wildman–Crippen LogP) is 5.49. The largest absolute Gasteiger partial charge is 0.494 e. The van der Waals surface area contributed by atoms with Gasteiger partial charge in [-0.05, 0) is 42.8 Å². The van der Waals surface area contributed by atoms with E-state index in [0.29, 0.717) is 36.0 Å². The smallest absolute Gasteiger partial charge is 0.253 e. The lowest BCUT2D eigenvalue weighted by atomic mass is 10.1. The monoisotopic (exact) mass is 473 g/mol. The quantitative estimate of drug-likeness (QED) is 0.405. The first-order chi connectivity index (χ1) is 15.6. The molecule has 1 amide bonds. The molecule has 3 aromatic rings. The molecule has 0 spiro atoms. The second-order valence-corrected chi connectivity index (χ2v) is 9.20. The van der Waals surface area contributed by atoms with Crippen LogP contribution >= 0.6 is 22.9 Å². The van der Waals surface area contributed by atoms with Crippen LogP contribution < -0.4 is 14.4 Å². The Labute approximate surface area is 197 Å². The summed E-state index contributed by atoms with van der Waals surface area (Å²) in [4.78, 5) is 21.8. The number of aromatic nitrogens is 1. The van der Waals surface area contributed by atoms with E-state index in [1.54, 1.807) is 18.4 Å². The van der Waals surface area contributed by atoms with Gasteiger partial charge >= 0.3 is 0 Å². The van der Waals surface area contributed by atoms with E-state index in [9.17, 15) is 4.79 Å². The fourth-order valence-electron chi connectivity index (χ4n) is 3.78. The molecular formula is C24H28ClN3O3S. The van der Waals surface area contributed by atoms with E-state index in [2.05, 4.69) is 11.8 Å². The Bertz CT molecular complexity index is 1060. The number of nitrogens with zero attached hydrogens (tertiary/aromatic N) is 3. The van der Waals surface area contributed by atoms with Gasteiger partial charge in [-0.3, -0.25) is 4.79 Å². The van der Waals surface area contributed by atoms with Crippen molar-refractivity contribution in [3.63, 3.8) is 0 Å². The molecule has 0 atom stereocenters. The summed E-state index contributed by atoms with van der Waals surface area (Å²) in [6, 6.07) is 11.3. The van der Waals surface area contributed by atoms with Crippen LogP contribution in [0.3, 0.4) is 0 Å². The molecule has 0 radical (unpaired) electrons. The summed E-state index contributed by atoms with van der Waals surface area (Å²) < 4.78 is 12.2. The van der Waals surface area contributed by atoms with Crippen molar-refractivity contribution in [3.8, 4) is 11.5 Å². The zero-order chi connectivity index (χ0) is 22.5. The minimum Gasteiger partial charge on any atom is -0.494 e. The van der Waals surface area contributed by atoms with Crippen molar-refractivity contribution in [2.75, 3.05) is 44.8 Å². The van der Waals surface area contributed by atoms with Crippen LogP contribution in [0, 0.1) is 0 Å². The molecule has 0 aliphatic carbocycles. The molecule has 0 bridgehead atoms. The molecule has 1 fully saturated rings. The number of hydrogen-bond acceptors (Lipinski definition) is 6. The van der Waals surface area contributed by atoms with Gasteiger partial charge in [0.1, 0.15) is 11.3 Å². The summed E-state index contributed by atoms with van der Waals surface area (Å²) in [7, 11) is 1.61. The number of piperazine rings is 1. The van der Waals surface area contributed by atoms with Gasteiger partial charge < -0.3 is 19.3 Å². The normalized spacial score (nSPS) is 14.1. The number of fused-ring (bicyclic) bond motifs is 1. The summed E-state index contributed by atoms with van der Waals surface area (Å²) in [5, 5.41) is 1.49. The number of carbonyl (C=O) groups excluding carboxylic acids is 1. The first kappa shape index (κ1) is 22.7. The summed E-state index contributed by atoms with van der Waals surface area (Å²) >= 11 is 7.85. The fourth-order valence-corrected chi connectivity index (χ4v) is 5.03. The molecule has 0 unspecified atom stereocenters. The van der Waals surface area contributed by atoms with Crippen LogP contribution in [-0.4, -0.2) is 55.7 Å². The third-order valence-electron chi connectivity index (χ3n) is 5.61. The van der Waals surface area contributed by atoms with Gasteiger partial charge in [0.05, 0.1) is 23.4 Å². The SMILES string of the molecule is CCCCCOc1ccc(C(=O)N2CCN(c3nc4c(OC)c(Cl)ccc4s3)CC2)cc1. The van der Waals surface area contributed by atoms with Gasteiger partial charge in [-0.2, -0.15) is 0 Å². The number of hydrogen-bond donors (Lipinski definition) is 0. The van der Waals surface area contributed by atoms with E-state index >= 15 is 0 Å². The van der Waals surface area contributed by atoms with Crippen LogP contribution in [0.2, 0.25) is 5.02 Å². The number of ether oxygens (including phenoxy) is 2. The van der Waals surface area contributed by atoms with Crippen molar-refractivity contribution in [1.82, 2.24) is 9.88 Å².